The number of hydrogen-bond acceptors (Lipinski definition) is 5. The second-order valence-corrected chi connectivity index (χ2v) is 7.56. The molecule has 0 bridgehead atoms. The molecule has 2 unspecified atom stereocenters. The van der Waals surface area contributed by atoms with Crippen LogP contribution in [-0.4, -0.2) is 63.7 Å². The molecular weight excluding hydrogens is 417 g/mol. The van der Waals surface area contributed by atoms with Gasteiger partial charge in [-0.05, 0) is 12.5 Å². The summed E-state index contributed by atoms with van der Waals surface area (Å²) >= 11 is 0. The van der Waals surface area contributed by atoms with Crippen LogP contribution < -0.4 is 5.32 Å². The van der Waals surface area contributed by atoms with Crippen molar-refractivity contribution in [3.63, 3.8) is 0 Å². The Balaban J connectivity index is 1.43. The molecule has 2 amide bonds. The highest BCUT2D eigenvalue weighted by Crippen LogP contribution is 2.21. The van der Waals surface area contributed by atoms with Crippen molar-refractivity contribution < 1.29 is 32.6 Å². The summed E-state index contributed by atoms with van der Waals surface area (Å²) in [6.45, 7) is 1.48. The molecule has 2 aliphatic heterocycles. The van der Waals surface area contributed by atoms with Gasteiger partial charge in [0.1, 0.15) is 17.3 Å². The van der Waals surface area contributed by atoms with Crippen molar-refractivity contribution in [2.24, 2.45) is 0 Å². The molecule has 2 aromatic rings. The molecule has 0 aliphatic carbocycles. The van der Waals surface area contributed by atoms with Crippen molar-refractivity contribution in [1.29, 1.82) is 0 Å². The number of nitrogens with one attached hydrogen (secondary N) is 1. The van der Waals surface area contributed by atoms with Crippen LogP contribution >= 0.6 is 0 Å². The van der Waals surface area contributed by atoms with Gasteiger partial charge >= 0.3 is 0 Å². The van der Waals surface area contributed by atoms with Gasteiger partial charge in [0, 0.05) is 43.9 Å². The number of fused-ring (bicyclic) bond motifs is 1. The Morgan fingerprint density at radius 3 is 2.74 bits per heavy atom. The lowest BCUT2D eigenvalue weighted by Crippen LogP contribution is -2.47. The highest BCUT2D eigenvalue weighted by Gasteiger charge is 2.30. The Kier molecular flexibility index (Phi) is 5.96. The second-order valence-electron chi connectivity index (χ2n) is 7.56. The number of carbonyl (C=O) groups is 2. The van der Waals surface area contributed by atoms with Crippen molar-refractivity contribution in [1.82, 2.24) is 19.8 Å². The third-order valence-electron chi connectivity index (χ3n) is 5.36. The number of aliphatic hydroxyl groups excluding tert-OH is 1. The Labute approximate surface area is 175 Å². The maximum absolute atomic E-state index is 13.9. The fourth-order valence-corrected chi connectivity index (χ4v) is 3.77. The largest absolute Gasteiger partial charge is 0.378 e. The summed E-state index contributed by atoms with van der Waals surface area (Å²) in [5, 5.41) is 12.6. The number of aliphatic hydroxyl groups is 1. The number of aryl methyl sites for hydroxylation is 2. The van der Waals surface area contributed by atoms with Crippen molar-refractivity contribution in [3.05, 3.63) is 52.9 Å². The molecule has 0 spiro atoms. The van der Waals surface area contributed by atoms with Crippen molar-refractivity contribution in [2.75, 3.05) is 26.3 Å². The number of rotatable bonds is 4. The SMILES string of the molecule is O=C(NC1COCCN(C(=O)c2cn3c(n2)CCC3)C1)C(O)c1cc(F)c(F)cc1F. The summed E-state index contributed by atoms with van der Waals surface area (Å²) in [7, 11) is 0. The minimum atomic E-state index is -2.06. The van der Waals surface area contributed by atoms with E-state index < -0.39 is 41.1 Å². The Morgan fingerprint density at radius 1 is 1.19 bits per heavy atom. The highest BCUT2D eigenvalue weighted by atomic mass is 19.2. The zero-order chi connectivity index (χ0) is 22.1. The second kappa shape index (κ2) is 8.67. The first-order chi connectivity index (χ1) is 14.8. The van der Waals surface area contributed by atoms with E-state index in [1.165, 1.54) is 4.90 Å². The molecule has 0 saturated carbocycles. The zero-order valence-electron chi connectivity index (χ0n) is 16.5. The predicted octanol–water partition coefficient (Wildman–Crippen LogP) is 0.937. The third kappa shape index (κ3) is 4.42. The normalized spacial score (nSPS) is 19.6. The van der Waals surface area contributed by atoms with Crippen LogP contribution in [0.15, 0.2) is 18.3 Å². The van der Waals surface area contributed by atoms with Gasteiger partial charge in [-0.3, -0.25) is 9.59 Å². The maximum atomic E-state index is 13.9. The lowest BCUT2D eigenvalue weighted by atomic mass is 10.1. The molecule has 0 radical (unpaired) electrons. The molecule has 2 aliphatic rings. The Morgan fingerprint density at radius 2 is 1.97 bits per heavy atom. The number of ether oxygens (including phenoxy) is 1. The molecule has 4 rings (SSSR count). The van der Waals surface area contributed by atoms with E-state index in [0.29, 0.717) is 11.8 Å². The average Bonchev–Trinajstić information content (AvgIpc) is 3.26. The number of halogens is 3. The number of imidazole rings is 1. The standard InChI is InChI=1S/C20H21F3N4O4/c21-13-7-15(23)14(22)6-12(13)18(28)19(29)24-11-8-27(4-5-31-10-11)20(30)16-9-26-3-1-2-17(26)25-16/h6-7,9,11,18,28H,1-5,8,10H2,(H,24,29). The van der Waals surface area contributed by atoms with Crippen LogP contribution in [0.3, 0.4) is 0 Å². The van der Waals surface area contributed by atoms with E-state index in [2.05, 4.69) is 10.3 Å². The molecule has 2 atom stereocenters. The summed E-state index contributed by atoms with van der Waals surface area (Å²) in [4.78, 5) is 31.1. The minimum absolute atomic E-state index is 0.0577. The molecule has 2 N–H and O–H groups in total. The molecular formula is C20H21F3N4O4. The van der Waals surface area contributed by atoms with Crippen LogP contribution in [0.1, 0.15) is 34.4 Å². The van der Waals surface area contributed by atoms with Crippen LogP contribution in [-0.2, 0) is 22.5 Å². The molecule has 3 heterocycles. The first kappa shape index (κ1) is 21.3. The van der Waals surface area contributed by atoms with Crippen molar-refractivity contribution >= 4 is 11.8 Å². The smallest absolute Gasteiger partial charge is 0.274 e. The average molecular weight is 438 g/mol. The van der Waals surface area contributed by atoms with E-state index in [1.54, 1.807) is 6.20 Å². The van der Waals surface area contributed by atoms with Gasteiger partial charge in [0.05, 0.1) is 19.3 Å². The van der Waals surface area contributed by atoms with Crippen LogP contribution in [0.4, 0.5) is 13.2 Å². The predicted molar refractivity (Wildman–Crippen MR) is 100 cm³/mol. The van der Waals surface area contributed by atoms with Crippen LogP contribution in [0.5, 0.6) is 0 Å². The first-order valence-corrected chi connectivity index (χ1v) is 9.89. The summed E-state index contributed by atoms with van der Waals surface area (Å²) in [5.74, 6) is -4.53. The number of aromatic nitrogens is 2. The van der Waals surface area contributed by atoms with Gasteiger partial charge in [0.2, 0.25) is 0 Å². The quantitative estimate of drug-likeness (QED) is 0.693. The van der Waals surface area contributed by atoms with E-state index in [9.17, 15) is 27.9 Å². The fraction of sp³-hybridized carbons (Fsp3) is 0.450. The van der Waals surface area contributed by atoms with Gasteiger partial charge in [-0.1, -0.05) is 0 Å². The Hall–Kier alpha value is -2.92. The van der Waals surface area contributed by atoms with Crippen LogP contribution in [0, 0.1) is 17.5 Å². The molecule has 31 heavy (non-hydrogen) atoms. The summed E-state index contributed by atoms with van der Waals surface area (Å²) < 4.78 is 47.7. The minimum Gasteiger partial charge on any atom is -0.378 e. The number of benzene rings is 1. The van der Waals surface area contributed by atoms with E-state index >= 15 is 0 Å². The van der Waals surface area contributed by atoms with Gasteiger partial charge in [-0.15, -0.1) is 0 Å². The monoisotopic (exact) mass is 438 g/mol. The van der Waals surface area contributed by atoms with E-state index in [-0.39, 0.29) is 38.3 Å². The van der Waals surface area contributed by atoms with Gasteiger partial charge in [-0.2, -0.15) is 0 Å². The number of carbonyl (C=O) groups excluding carboxylic acids is 2. The highest BCUT2D eigenvalue weighted by molar-refractivity contribution is 5.92. The maximum Gasteiger partial charge on any atom is 0.274 e. The molecule has 8 nitrogen and oxygen atoms in total. The summed E-state index contributed by atoms with van der Waals surface area (Å²) in [5.41, 5.74) is -0.378. The van der Waals surface area contributed by atoms with Gasteiger partial charge in [0.25, 0.3) is 11.8 Å². The zero-order valence-corrected chi connectivity index (χ0v) is 16.5. The molecule has 1 aromatic heterocycles. The molecule has 11 heteroatoms. The van der Waals surface area contributed by atoms with Crippen LogP contribution in [0.2, 0.25) is 0 Å². The van der Waals surface area contributed by atoms with E-state index in [0.717, 1.165) is 25.2 Å². The lowest BCUT2D eigenvalue weighted by Gasteiger charge is -2.24. The fourth-order valence-electron chi connectivity index (χ4n) is 3.77. The first-order valence-electron chi connectivity index (χ1n) is 9.89. The topological polar surface area (TPSA) is 96.7 Å². The van der Waals surface area contributed by atoms with Crippen LogP contribution in [0.25, 0.3) is 0 Å². The number of hydrogen-bond donors (Lipinski definition) is 2. The van der Waals surface area contributed by atoms with E-state index in [4.69, 9.17) is 4.74 Å². The summed E-state index contributed by atoms with van der Waals surface area (Å²) in [6, 6.07) is 0.00148. The van der Waals surface area contributed by atoms with Gasteiger partial charge in [0.15, 0.2) is 17.7 Å². The number of amides is 2. The molecule has 1 fully saturated rings. The lowest BCUT2D eigenvalue weighted by molar-refractivity contribution is -0.131. The molecule has 166 valence electrons. The molecule has 1 saturated heterocycles. The van der Waals surface area contributed by atoms with Gasteiger partial charge < -0.3 is 24.6 Å². The molecule has 1 aromatic carbocycles. The van der Waals surface area contributed by atoms with Crippen molar-refractivity contribution in [3.8, 4) is 0 Å². The Bertz CT molecular complexity index is 991. The van der Waals surface area contributed by atoms with Crippen molar-refractivity contribution in [2.45, 2.75) is 31.5 Å². The van der Waals surface area contributed by atoms with Gasteiger partial charge in [-0.25, -0.2) is 18.2 Å². The number of nitrogens with zero attached hydrogens (tertiary/aromatic N) is 3. The third-order valence-corrected chi connectivity index (χ3v) is 5.36. The summed E-state index contributed by atoms with van der Waals surface area (Å²) in [6.07, 6.45) is 1.45. The van der Waals surface area contributed by atoms with E-state index in [1.807, 2.05) is 4.57 Å².